The smallest absolute Gasteiger partial charge is 0.160 e. The molecular weight excluding hydrogens is 811 g/mol. The highest BCUT2D eigenvalue weighted by Gasteiger charge is 2.20. The van der Waals surface area contributed by atoms with Crippen LogP contribution in [-0.4, -0.2) is 14.4 Å². The Balaban J connectivity index is 0.929. The molecule has 3 nitrogen and oxygen atoms in total. The maximum absolute atomic E-state index is 5.16. The maximum Gasteiger partial charge on any atom is 0.160 e. The predicted molar refractivity (Wildman–Crippen MR) is 280 cm³/mol. The van der Waals surface area contributed by atoms with E-state index < -0.39 is 0 Å². The van der Waals surface area contributed by atoms with E-state index in [0.717, 1.165) is 55.9 Å². The zero-order chi connectivity index (χ0) is 44.3. The number of hydrogen-bond donors (Lipinski definition) is 0. The summed E-state index contributed by atoms with van der Waals surface area (Å²) in [4.78, 5) is 10.2. The van der Waals surface area contributed by atoms with Crippen LogP contribution in [0, 0.1) is 0 Å². The minimum absolute atomic E-state index is 0.704. The highest BCUT2D eigenvalue weighted by Crippen LogP contribution is 2.44. The molecule has 0 amide bonds. The summed E-state index contributed by atoms with van der Waals surface area (Å²) in [5.41, 5.74) is 20.3. The van der Waals surface area contributed by atoms with Gasteiger partial charge >= 0.3 is 0 Å². The summed E-state index contributed by atoms with van der Waals surface area (Å²) in [6, 6.07) is 89.4. The molecule has 0 atom stereocenters. The molecule has 0 unspecified atom stereocenters. The highest BCUT2D eigenvalue weighted by molar-refractivity contribution is 6.26. The first-order valence-corrected chi connectivity index (χ1v) is 22.9. The van der Waals surface area contributed by atoms with Crippen molar-refractivity contribution in [2.24, 2.45) is 0 Å². The molecule has 3 heteroatoms. The molecule has 3 heterocycles. The van der Waals surface area contributed by atoms with E-state index in [9.17, 15) is 0 Å². The summed E-state index contributed by atoms with van der Waals surface area (Å²) in [6.07, 6.45) is 0. The summed E-state index contributed by atoms with van der Waals surface area (Å²) >= 11 is 0. The van der Waals surface area contributed by atoms with E-state index in [1.165, 1.54) is 65.9 Å². The van der Waals surface area contributed by atoms with Gasteiger partial charge in [-0.15, -0.1) is 0 Å². The van der Waals surface area contributed by atoms with Crippen LogP contribution in [0.1, 0.15) is 0 Å². The van der Waals surface area contributed by atoms with Crippen molar-refractivity contribution in [2.45, 2.75) is 0 Å². The Kier molecular flexibility index (Phi) is 9.17. The fraction of sp³-hybridized carbons (Fsp3) is 0. The van der Waals surface area contributed by atoms with Crippen molar-refractivity contribution < 1.29 is 0 Å². The Bertz CT molecular complexity index is 3890. The zero-order valence-corrected chi connectivity index (χ0v) is 36.5. The minimum Gasteiger partial charge on any atom is -0.308 e. The summed E-state index contributed by atoms with van der Waals surface area (Å²) in [6.45, 7) is 0. The monoisotopic (exact) mass is 851 g/mol. The standard InChI is InChI=1S/C64H41N3/c1-5-17-42(18-6-1)51-37-52(39-53(38-51)48-27-14-28-50(36-48)59-41-58(44-21-9-3-10-22-44)65-64(66-59)45-23-11-4-12-24-45)47-26-13-25-46(35-47)49-33-34-55-56-30-15-31-57-62-54(43-19-7-2-8-20-43)29-16-32-60(62)67(63(56)57)61(55)40-49/h1-41H. The lowest BCUT2D eigenvalue weighted by atomic mass is 9.91. The molecule has 13 rings (SSSR count). The molecule has 0 aliphatic carbocycles. The number of nitrogens with zero attached hydrogens (tertiary/aromatic N) is 3. The van der Waals surface area contributed by atoms with Gasteiger partial charge in [-0.2, -0.15) is 0 Å². The lowest BCUT2D eigenvalue weighted by molar-refractivity contribution is 1.18. The Morgan fingerprint density at radius 3 is 1.39 bits per heavy atom. The van der Waals surface area contributed by atoms with Crippen LogP contribution < -0.4 is 0 Å². The molecule has 0 saturated carbocycles. The fourth-order valence-electron chi connectivity index (χ4n) is 10.1. The van der Waals surface area contributed by atoms with Crippen LogP contribution in [0.25, 0.3) is 128 Å². The van der Waals surface area contributed by atoms with E-state index >= 15 is 0 Å². The van der Waals surface area contributed by atoms with E-state index in [1.807, 2.05) is 24.3 Å². The number of benzene rings is 10. The SMILES string of the molecule is c1ccc(-c2cc(-c3cccc(-c4ccc5c6cccc7c8c(-c9ccccc9)cccc8n(c5c4)c67)c3)cc(-c3cccc(-c4cc(-c5ccccc5)nc(-c5ccccc5)n4)c3)c2)cc1. The van der Waals surface area contributed by atoms with Gasteiger partial charge in [-0.3, -0.25) is 0 Å². The van der Waals surface area contributed by atoms with Crippen LogP contribution in [0.4, 0.5) is 0 Å². The quantitative estimate of drug-likeness (QED) is 0.152. The van der Waals surface area contributed by atoms with E-state index in [4.69, 9.17) is 9.97 Å². The molecule has 0 aliphatic rings. The Morgan fingerprint density at radius 2 is 0.716 bits per heavy atom. The first-order valence-electron chi connectivity index (χ1n) is 22.9. The second kappa shape index (κ2) is 16.0. The van der Waals surface area contributed by atoms with Crippen molar-refractivity contribution in [2.75, 3.05) is 0 Å². The first kappa shape index (κ1) is 38.5. The van der Waals surface area contributed by atoms with Crippen molar-refractivity contribution in [1.82, 2.24) is 14.4 Å². The molecular formula is C64H41N3. The lowest BCUT2D eigenvalue weighted by Gasteiger charge is -2.14. The molecule has 13 aromatic rings. The van der Waals surface area contributed by atoms with Crippen LogP contribution in [-0.2, 0) is 0 Å². The highest BCUT2D eigenvalue weighted by atomic mass is 14.9. The second-order valence-corrected chi connectivity index (χ2v) is 17.4. The number of hydrogen-bond acceptors (Lipinski definition) is 2. The number of fused-ring (bicyclic) bond motifs is 6. The van der Waals surface area contributed by atoms with Crippen LogP contribution in [0.3, 0.4) is 0 Å². The second-order valence-electron chi connectivity index (χ2n) is 17.4. The van der Waals surface area contributed by atoms with Gasteiger partial charge in [0.15, 0.2) is 5.82 Å². The van der Waals surface area contributed by atoms with Gasteiger partial charge in [-0.1, -0.05) is 200 Å². The average molecular weight is 852 g/mol. The molecule has 0 saturated heterocycles. The van der Waals surface area contributed by atoms with Gasteiger partial charge in [0.05, 0.1) is 27.9 Å². The molecule has 0 aliphatic heterocycles. The Hall–Kier alpha value is -8.92. The number of para-hydroxylation sites is 1. The van der Waals surface area contributed by atoms with Gasteiger partial charge in [-0.25, -0.2) is 9.97 Å². The molecule has 3 aromatic heterocycles. The largest absolute Gasteiger partial charge is 0.308 e. The lowest BCUT2D eigenvalue weighted by Crippen LogP contribution is -1.96. The van der Waals surface area contributed by atoms with Crippen LogP contribution in [0.15, 0.2) is 249 Å². The Morgan fingerprint density at radius 1 is 0.254 bits per heavy atom. The molecule has 312 valence electrons. The van der Waals surface area contributed by atoms with Gasteiger partial charge in [0, 0.05) is 38.2 Å². The third-order valence-electron chi connectivity index (χ3n) is 13.3. The molecule has 0 spiro atoms. The van der Waals surface area contributed by atoms with Crippen LogP contribution in [0.2, 0.25) is 0 Å². The van der Waals surface area contributed by atoms with E-state index in [2.05, 4.69) is 229 Å². The van der Waals surface area contributed by atoms with Gasteiger partial charge < -0.3 is 4.40 Å². The van der Waals surface area contributed by atoms with Crippen LogP contribution >= 0.6 is 0 Å². The van der Waals surface area contributed by atoms with Crippen molar-refractivity contribution in [3.05, 3.63) is 249 Å². The van der Waals surface area contributed by atoms with Crippen molar-refractivity contribution >= 4 is 38.1 Å². The van der Waals surface area contributed by atoms with E-state index in [-0.39, 0.29) is 0 Å². The van der Waals surface area contributed by atoms with Gasteiger partial charge in [0.2, 0.25) is 0 Å². The normalized spacial score (nSPS) is 11.6. The third-order valence-corrected chi connectivity index (χ3v) is 13.3. The summed E-state index contributed by atoms with van der Waals surface area (Å²) in [5, 5.41) is 5.14. The number of rotatable bonds is 8. The molecule has 0 N–H and O–H groups in total. The summed E-state index contributed by atoms with van der Waals surface area (Å²) in [5.74, 6) is 0.704. The Labute approximate surface area is 388 Å². The van der Waals surface area contributed by atoms with Crippen molar-refractivity contribution in [3.63, 3.8) is 0 Å². The molecule has 0 radical (unpaired) electrons. The van der Waals surface area contributed by atoms with Crippen molar-refractivity contribution in [3.8, 4) is 89.5 Å². The molecule has 0 bridgehead atoms. The predicted octanol–water partition coefficient (Wildman–Crippen LogP) is 17.0. The maximum atomic E-state index is 5.16. The van der Waals surface area contributed by atoms with Gasteiger partial charge in [-0.05, 0) is 104 Å². The van der Waals surface area contributed by atoms with E-state index in [0.29, 0.717) is 5.82 Å². The zero-order valence-electron chi connectivity index (χ0n) is 36.5. The molecule has 67 heavy (non-hydrogen) atoms. The third kappa shape index (κ3) is 6.76. The summed E-state index contributed by atoms with van der Waals surface area (Å²) in [7, 11) is 0. The van der Waals surface area contributed by atoms with Crippen molar-refractivity contribution in [1.29, 1.82) is 0 Å². The average Bonchev–Trinajstić information content (AvgIpc) is 3.94. The summed E-state index contributed by atoms with van der Waals surface area (Å²) < 4.78 is 2.49. The fourth-order valence-corrected chi connectivity index (χ4v) is 10.1. The molecule has 0 fully saturated rings. The van der Waals surface area contributed by atoms with E-state index in [1.54, 1.807) is 0 Å². The minimum atomic E-state index is 0.704. The number of aromatic nitrogens is 3. The van der Waals surface area contributed by atoms with Gasteiger partial charge in [0.25, 0.3) is 0 Å². The van der Waals surface area contributed by atoms with Crippen LogP contribution in [0.5, 0.6) is 0 Å². The first-order chi connectivity index (χ1) is 33.2. The topological polar surface area (TPSA) is 30.2 Å². The van der Waals surface area contributed by atoms with Gasteiger partial charge in [0.1, 0.15) is 0 Å². The molecule has 10 aromatic carbocycles.